The summed E-state index contributed by atoms with van der Waals surface area (Å²) in [5.41, 5.74) is 0.645. The second-order valence-corrected chi connectivity index (χ2v) is 3.55. The van der Waals surface area contributed by atoms with Gasteiger partial charge in [0.25, 0.3) is 0 Å². The molecule has 0 spiro atoms. The van der Waals surface area contributed by atoms with Crippen LogP contribution in [0.3, 0.4) is 0 Å². The van der Waals surface area contributed by atoms with Gasteiger partial charge in [-0.05, 0) is 13.2 Å². The Kier molecular flexibility index (Phi) is 4.22. The Labute approximate surface area is 92.5 Å². The first-order chi connectivity index (χ1) is 6.69. The van der Waals surface area contributed by atoms with Crippen LogP contribution in [0.25, 0.3) is 5.76 Å². The molecule has 0 aromatic carbocycles. The van der Waals surface area contributed by atoms with Crippen molar-refractivity contribution in [1.82, 2.24) is 9.97 Å². The highest BCUT2D eigenvalue weighted by molar-refractivity contribution is 7.98. The van der Waals surface area contributed by atoms with Crippen LogP contribution < -0.4 is 0 Å². The van der Waals surface area contributed by atoms with Gasteiger partial charge in [-0.1, -0.05) is 29.9 Å². The number of thioether (sulfide) groups is 1. The second-order valence-electron chi connectivity index (χ2n) is 2.42. The molecular formula is C9H11ClN2OS. The molecule has 14 heavy (non-hydrogen) atoms. The minimum atomic E-state index is 0.378. The Bertz CT molecular complexity index is 344. The Morgan fingerprint density at radius 2 is 2.43 bits per heavy atom. The molecule has 1 aromatic heterocycles. The fourth-order valence-corrected chi connectivity index (χ4v) is 1.51. The summed E-state index contributed by atoms with van der Waals surface area (Å²) in [5.74, 6) is 0.505. The summed E-state index contributed by atoms with van der Waals surface area (Å²) in [7, 11) is 0. The van der Waals surface area contributed by atoms with Crippen molar-refractivity contribution in [2.24, 2.45) is 0 Å². The topological polar surface area (TPSA) is 35.0 Å². The van der Waals surface area contributed by atoms with E-state index in [1.165, 1.54) is 11.8 Å². The minimum absolute atomic E-state index is 0.378. The summed E-state index contributed by atoms with van der Waals surface area (Å²) in [6.07, 6.45) is 3.52. The van der Waals surface area contributed by atoms with Crippen molar-refractivity contribution in [3.8, 4) is 0 Å². The van der Waals surface area contributed by atoms with Crippen molar-refractivity contribution in [2.45, 2.75) is 12.1 Å². The molecule has 0 N–H and O–H groups in total. The van der Waals surface area contributed by atoms with Crippen LogP contribution in [0, 0.1) is 0 Å². The van der Waals surface area contributed by atoms with Crippen molar-refractivity contribution in [3.05, 3.63) is 23.5 Å². The Balaban J connectivity index is 2.94. The van der Waals surface area contributed by atoms with Gasteiger partial charge in [0.1, 0.15) is 10.9 Å². The standard InChI is InChI=1S/C9H11ClN2OS/c1-4-13-6(2)7-5-11-9(14-3)12-8(7)10/h5H,2,4H2,1,3H3. The smallest absolute Gasteiger partial charge is 0.188 e. The van der Waals surface area contributed by atoms with E-state index < -0.39 is 0 Å². The van der Waals surface area contributed by atoms with Crippen molar-refractivity contribution in [3.63, 3.8) is 0 Å². The van der Waals surface area contributed by atoms with Crippen LogP contribution in [0.5, 0.6) is 0 Å². The lowest BCUT2D eigenvalue weighted by atomic mass is 10.3. The molecule has 0 aliphatic rings. The fraction of sp³-hybridized carbons (Fsp3) is 0.333. The van der Waals surface area contributed by atoms with Gasteiger partial charge in [0, 0.05) is 6.20 Å². The third-order valence-electron chi connectivity index (χ3n) is 1.52. The molecular weight excluding hydrogens is 220 g/mol. The maximum Gasteiger partial charge on any atom is 0.188 e. The number of aromatic nitrogens is 2. The molecule has 0 aliphatic heterocycles. The lowest BCUT2D eigenvalue weighted by Gasteiger charge is -2.07. The van der Waals surface area contributed by atoms with Crippen molar-refractivity contribution in [2.75, 3.05) is 12.9 Å². The predicted octanol–water partition coefficient (Wildman–Crippen LogP) is 2.86. The zero-order valence-electron chi connectivity index (χ0n) is 8.08. The van der Waals surface area contributed by atoms with Gasteiger partial charge in [-0.3, -0.25) is 0 Å². The van der Waals surface area contributed by atoms with E-state index in [-0.39, 0.29) is 0 Å². The summed E-state index contributed by atoms with van der Waals surface area (Å²) < 4.78 is 5.22. The third kappa shape index (κ3) is 2.62. The van der Waals surface area contributed by atoms with E-state index in [2.05, 4.69) is 16.5 Å². The summed E-state index contributed by atoms with van der Waals surface area (Å²) in [6, 6.07) is 0. The zero-order chi connectivity index (χ0) is 10.6. The van der Waals surface area contributed by atoms with Gasteiger partial charge in [-0.15, -0.1) is 0 Å². The molecule has 1 heterocycles. The molecule has 0 saturated carbocycles. The van der Waals surface area contributed by atoms with Gasteiger partial charge in [0.05, 0.1) is 12.2 Å². The van der Waals surface area contributed by atoms with Crippen molar-refractivity contribution >= 4 is 29.1 Å². The van der Waals surface area contributed by atoms with E-state index in [1.807, 2.05) is 13.2 Å². The SMILES string of the molecule is C=C(OCC)c1cnc(SC)nc1Cl. The van der Waals surface area contributed by atoms with Crippen LogP contribution in [-0.4, -0.2) is 22.8 Å². The summed E-state index contributed by atoms with van der Waals surface area (Å²) in [6.45, 7) is 6.18. The van der Waals surface area contributed by atoms with Crippen molar-refractivity contribution in [1.29, 1.82) is 0 Å². The number of ether oxygens (including phenoxy) is 1. The second kappa shape index (κ2) is 5.22. The number of hydrogen-bond acceptors (Lipinski definition) is 4. The first-order valence-electron chi connectivity index (χ1n) is 4.07. The lowest BCUT2D eigenvalue weighted by Crippen LogP contribution is -1.95. The highest BCUT2D eigenvalue weighted by Crippen LogP contribution is 2.22. The molecule has 0 atom stereocenters. The Morgan fingerprint density at radius 1 is 1.71 bits per heavy atom. The zero-order valence-corrected chi connectivity index (χ0v) is 9.65. The molecule has 0 amide bonds. The Morgan fingerprint density at radius 3 is 2.93 bits per heavy atom. The van der Waals surface area contributed by atoms with E-state index in [0.29, 0.717) is 28.2 Å². The van der Waals surface area contributed by atoms with E-state index in [1.54, 1.807) is 6.20 Å². The third-order valence-corrected chi connectivity index (χ3v) is 2.37. The van der Waals surface area contributed by atoms with E-state index in [4.69, 9.17) is 16.3 Å². The lowest BCUT2D eigenvalue weighted by molar-refractivity contribution is 0.299. The largest absolute Gasteiger partial charge is 0.494 e. The number of hydrogen-bond donors (Lipinski definition) is 0. The monoisotopic (exact) mass is 230 g/mol. The summed E-state index contributed by atoms with van der Waals surface area (Å²) in [5, 5.41) is 1.02. The fourth-order valence-electron chi connectivity index (χ4n) is 0.883. The van der Waals surface area contributed by atoms with Gasteiger partial charge in [0.15, 0.2) is 5.16 Å². The van der Waals surface area contributed by atoms with Crippen LogP contribution in [0.4, 0.5) is 0 Å². The summed E-state index contributed by atoms with van der Waals surface area (Å²) in [4.78, 5) is 8.16. The maximum absolute atomic E-state index is 5.93. The first-order valence-corrected chi connectivity index (χ1v) is 5.68. The molecule has 1 rings (SSSR count). The maximum atomic E-state index is 5.93. The molecule has 0 radical (unpaired) electrons. The number of halogens is 1. The van der Waals surface area contributed by atoms with Crippen LogP contribution in [0.1, 0.15) is 12.5 Å². The Hall–Kier alpha value is -0.740. The average molecular weight is 231 g/mol. The van der Waals surface area contributed by atoms with Gasteiger partial charge < -0.3 is 4.74 Å². The molecule has 5 heteroatoms. The van der Waals surface area contributed by atoms with Gasteiger partial charge in [-0.25, -0.2) is 9.97 Å². The molecule has 0 fully saturated rings. The molecule has 0 bridgehead atoms. The number of rotatable bonds is 4. The van der Waals surface area contributed by atoms with E-state index in [9.17, 15) is 0 Å². The van der Waals surface area contributed by atoms with Crippen LogP contribution in [-0.2, 0) is 4.74 Å². The van der Waals surface area contributed by atoms with Gasteiger partial charge in [0.2, 0.25) is 0 Å². The molecule has 0 saturated heterocycles. The van der Waals surface area contributed by atoms with Crippen LogP contribution in [0.15, 0.2) is 17.9 Å². The van der Waals surface area contributed by atoms with Crippen LogP contribution in [0.2, 0.25) is 5.15 Å². The van der Waals surface area contributed by atoms with E-state index in [0.717, 1.165) is 0 Å². The highest BCUT2D eigenvalue weighted by atomic mass is 35.5. The van der Waals surface area contributed by atoms with Crippen LogP contribution >= 0.6 is 23.4 Å². The van der Waals surface area contributed by atoms with Gasteiger partial charge in [-0.2, -0.15) is 0 Å². The molecule has 1 aromatic rings. The van der Waals surface area contributed by atoms with Crippen molar-refractivity contribution < 1.29 is 4.74 Å². The minimum Gasteiger partial charge on any atom is -0.494 e. The summed E-state index contributed by atoms with van der Waals surface area (Å²) >= 11 is 7.37. The average Bonchev–Trinajstić information content (AvgIpc) is 2.17. The van der Waals surface area contributed by atoms with E-state index >= 15 is 0 Å². The predicted molar refractivity (Wildman–Crippen MR) is 59.5 cm³/mol. The quantitative estimate of drug-likeness (QED) is 0.345. The molecule has 0 aliphatic carbocycles. The molecule has 76 valence electrons. The first kappa shape index (κ1) is 11.3. The molecule has 3 nitrogen and oxygen atoms in total. The highest BCUT2D eigenvalue weighted by Gasteiger charge is 2.08. The molecule has 0 unspecified atom stereocenters. The normalized spacial score (nSPS) is 9.93. The van der Waals surface area contributed by atoms with Gasteiger partial charge >= 0.3 is 0 Å². The number of nitrogens with zero attached hydrogens (tertiary/aromatic N) is 2.